The van der Waals surface area contributed by atoms with E-state index in [4.69, 9.17) is 9.47 Å². The van der Waals surface area contributed by atoms with Crippen molar-refractivity contribution in [2.75, 3.05) is 7.11 Å². The largest absolute Gasteiger partial charge is 0.494 e. The Balaban J connectivity index is 1.91. The van der Waals surface area contributed by atoms with Crippen LogP contribution in [0.4, 0.5) is 4.39 Å². The van der Waals surface area contributed by atoms with Gasteiger partial charge in [-0.05, 0) is 23.8 Å². The number of rotatable bonds is 2. The highest BCUT2D eigenvalue weighted by atomic mass is 19.1. The summed E-state index contributed by atoms with van der Waals surface area (Å²) in [7, 11) is 1.43. The van der Waals surface area contributed by atoms with Gasteiger partial charge in [0.15, 0.2) is 11.6 Å². The van der Waals surface area contributed by atoms with Gasteiger partial charge in [-0.3, -0.25) is 0 Å². The highest BCUT2D eigenvalue weighted by Gasteiger charge is 2.28. The lowest BCUT2D eigenvalue weighted by Gasteiger charge is -2.30. The van der Waals surface area contributed by atoms with Gasteiger partial charge in [-0.25, -0.2) is 4.39 Å². The van der Waals surface area contributed by atoms with Crippen molar-refractivity contribution < 1.29 is 19.0 Å². The molecule has 2 aromatic carbocycles. The maximum Gasteiger partial charge on any atom is 0.165 e. The van der Waals surface area contributed by atoms with E-state index in [0.717, 1.165) is 5.56 Å². The third kappa shape index (κ3) is 2.23. The summed E-state index contributed by atoms with van der Waals surface area (Å²) in [5, 5.41) is 10.2. The van der Waals surface area contributed by atoms with E-state index in [0.29, 0.717) is 17.7 Å². The lowest BCUT2D eigenvalue weighted by atomic mass is 9.95. The van der Waals surface area contributed by atoms with E-state index in [1.54, 1.807) is 12.1 Å². The van der Waals surface area contributed by atoms with E-state index in [1.807, 2.05) is 24.3 Å². The lowest BCUT2D eigenvalue weighted by Crippen LogP contribution is -2.19. The van der Waals surface area contributed by atoms with E-state index < -0.39 is 11.9 Å². The van der Waals surface area contributed by atoms with Crippen molar-refractivity contribution in [3.05, 3.63) is 59.4 Å². The Bertz CT molecular complexity index is 627. The van der Waals surface area contributed by atoms with E-state index in [9.17, 15) is 9.50 Å². The molecule has 0 spiro atoms. The van der Waals surface area contributed by atoms with Gasteiger partial charge in [0, 0.05) is 12.0 Å². The van der Waals surface area contributed by atoms with Gasteiger partial charge in [0.1, 0.15) is 11.9 Å². The van der Waals surface area contributed by atoms with Crippen molar-refractivity contribution >= 4 is 0 Å². The second-order valence-corrected chi connectivity index (χ2v) is 4.79. The number of benzene rings is 2. The predicted octanol–water partition coefficient (Wildman–Crippen LogP) is 3.39. The van der Waals surface area contributed by atoms with Crippen LogP contribution < -0.4 is 9.47 Å². The molecule has 104 valence electrons. The second-order valence-electron chi connectivity index (χ2n) is 4.79. The van der Waals surface area contributed by atoms with Crippen LogP contribution in [-0.4, -0.2) is 12.2 Å². The molecule has 2 aromatic rings. The average Bonchev–Trinajstić information content (AvgIpc) is 2.47. The zero-order valence-electron chi connectivity index (χ0n) is 11.0. The number of fused-ring (bicyclic) bond motifs is 1. The normalized spacial score (nSPS) is 20.9. The first-order chi connectivity index (χ1) is 9.69. The molecular weight excluding hydrogens is 259 g/mol. The van der Waals surface area contributed by atoms with Crippen LogP contribution in [0.1, 0.15) is 29.8 Å². The monoisotopic (exact) mass is 274 g/mol. The highest BCUT2D eigenvalue weighted by molar-refractivity contribution is 5.39. The number of aliphatic hydroxyl groups is 1. The SMILES string of the molecule is COc1ccc(C2C[C@@H](O)c3ccccc3O2)cc1F. The van der Waals surface area contributed by atoms with E-state index in [1.165, 1.54) is 13.2 Å². The van der Waals surface area contributed by atoms with Crippen LogP contribution in [-0.2, 0) is 0 Å². The Labute approximate surface area is 116 Å². The smallest absolute Gasteiger partial charge is 0.165 e. The van der Waals surface area contributed by atoms with Crippen LogP contribution >= 0.6 is 0 Å². The first kappa shape index (κ1) is 12.9. The number of methoxy groups -OCH3 is 1. The number of hydrogen-bond acceptors (Lipinski definition) is 3. The minimum Gasteiger partial charge on any atom is -0.494 e. The van der Waals surface area contributed by atoms with Crippen molar-refractivity contribution in [3.8, 4) is 11.5 Å². The van der Waals surface area contributed by atoms with Gasteiger partial charge >= 0.3 is 0 Å². The molecule has 3 nitrogen and oxygen atoms in total. The van der Waals surface area contributed by atoms with Gasteiger partial charge in [-0.2, -0.15) is 0 Å². The maximum atomic E-state index is 13.8. The summed E-state index contributed by atoms with van der Waals surface area (Å²) in [5.74, 6) is 0.417. The van der Waals surface area contributed by atoms with Gasteiger partial charge in [-0.1, -0.05) is 24.3 Å². The molecule has 0 saturated heterocycles. The van der Waals surface area contributed by atoms with Crippen LogP contribution in [0.2, 0.25) is 0 Å². The van der Waals surface area contributed by atoms with E-state index in [-0.39, 0.29) is 11.9 Å². The number of para-hydroxylation sites is 1. The summed E-state index contributed by atoms with van der Waals surface area (Å²) < 4.78 is 24.5. The van der Waals surface area contributed by atoms with Crippen molar-refractivity contribution in [3.63, 3.8) is 0 Å². The first-order valence-electron chi connectivity index (χ1n) is 6.46. The molecule has 20 heavy (non-hydrogen) atoms. The fourth-order valence-electron chi connectivity index (χ4n) is 2.48. The van der Waals surface area contributed by atoms with Crippen LogP contribution in [0.25, 0.3) is 0 Å². The molecule has 0 amide bonds. The average molecular weight is 274 g/mol. The summed E-state index contributed by atoms with van der Waals surface area (Å²) in [6.07, 6.45) is -0.557. The van der Waals surface area contributed by atoms with Crippen molar-refractivity contribution in [1.29, 1.82) is 0 Å². The molecule has 0 fully saturated rings. The molecule has 3 rings (SSSR count). The molecule has 4 heteroatoms. The zero-order valence-corrected chi connectivity index (χ0v) is 11.0. The van der Waals surface area contributed by atoms with Crippen molar-refractivity contribution in [2.24, 2.45) is 0 Å². The minimum atomic E-state index is -0.602. The first-order valence-corrected chi connectivity index (χ1v) is 6.46. The summed E-state index contributed by atoms with van der Waals surface area (Å²) in [4.78, 5) is 0. The molecule has 1 aliphatic rings. The molecule has 0 aromatic heterocycles. The molecule has 1 unspecified atom stereocenters. The Kier molecular flexibility index (Phi) is 3.32. The lowest BCUT2D eigenvalue weighted by molar-refractivity contribution is 0.0655. The van der Waals surface area contributed by atoms with E-state index >= 15 is 0 Å². The molecule has 0 bridgehead atoms. The van der Waals surface area contributed by atoms with Crippen molar-refractivity contribution in [2.45, 2.75) is 18.6 Å². The summed E-state index contributed by atoms with van der Waals surface area (Å²) in [6, 6.07) is 12.1. The van der Waals surface area contributed by atoms with Gasteiger partial charge in [0.2, 0.25) is 0 Å². The van der Waals surface area contributed by atoms with E-state index in [2.05, 4.69) is 0 Å². The standard InChI is InChI=1S/C16H15FO3/c1-19-15-7-6-10(8-12(15)17)16-9-13(18)11-4-2-3-5-14(11)20-16/h2-8,13,16,18H,9H2,1H3/t13-,16?/m1/s1. The van der Waals surface area contributed by atoms with Gasteiger partial charge in [0.05, 0.1) is 13.2 Å². The third-order valence-corrected chi connectivity index (χ3v) is 3.53. The topological polar surface area (TPSA) is 38.7 Å². The van der Waals surface area contributed by atoms with Gasteiger partial charge < -0.3 is 14.6 Å². The Morgan fingerprint density at radius 3 is 2.80 bits per heavy atom. The Hall–Kier alpha value is -2.07. The summed E-state index contributed by atoms with van der Waals surface area (Å²) in [5.41, 5.74) is 1.47. The molecular formula is C16H15FO3. The van der Waals surface area contributed by atoms with Gasteiger partial charge in [0.25, 0.3) is 0 Å². The number of halogens is 1. The second kappa shape index (κ2) is 5.13. The van der Waals surface area contributed by atoms with Crippen LogP contribution in [0.15, 0.2) is 42.5 Å². The molecule has 1 heterocycles. The molecule has 0 saturated carbocycles. The zero-order chi connectivity index (χ0) is 14.1. The maximum absolute atomic E-state index is 13.8. The molecule has 0 aliphatic carbocycles. The Morgan fingerprint density at radius 2 is 2.05 bits per heavy atom. The predicted molar refractivity (Wildman–Crippen MR) is 72.3 cm³/mol. The minimum absolute atomic E-state index is 0.200. The fraction of sp³-hybridized carbons (Fsp3) is 0.250. The van der Waals surface area contributed by atoms with Gasteiger partial charge in [-0.15, -0.1) is 0 Å². The number of ether oxygens (including phenoxy) is 2. The molecule has 1 aliphatic heterocycles. The van der Waals surface area contributed by atoms with Crippen LogP contribution in [0, 0.1) is 5.82 Å². The third-order valence-electron chi connectivity index (χ3n) is 3.53. The molecule has 1 N–H and O–H groups in total. The highest BCUT2D eigenvalue weighted by Crippen LogP contribution is 2.40. The quantitative estimate of drug-likeness (QED) is 0.912. The summed E-state index contributed by atoms with van der Waals surface area (Å²) in [6.45, 7) is 0. The number of hydrogen-bond donors (Lipinski definition) is 1. The van der Waals surface area contributed by atoms with Crippen LogP contribution in [0.3, 0.4) is 0 Å². The number of aliphatic hydroxyl groups excluding tert-OH is 1. The summed E-state index contributed by atoms with van der Waals surface area (Å²) >= 11 is 0. The van der Waals surface area contributed by atoms with Crippen LogP contribution in [0.5, 0.6) is 11.5 Å². The Morgan fingerprint density at radius 1 is 1.25 bits per heavy atom. The molecule has 0 radical (unpaired) electrons. The molecule has 2 atom stereocenters. The van der Waals surface area contributed by atoms with Crippen molar-refractivity contribution in [1.82, 2.24) is 0 Å². The fourth-order valence-corrected chi connectivity index (χ4v) is 2.48.